The van der Waals surface area contributed by atoms with Crippen LogP contribution in [0, 0.1) is 5.92 Å². The summed E-state index contributed by atoms with van der Waals surface area (Å²) in [6.07, 6.45) is 1.63. The van der Waals surface area contributed by atoms with Crippen LogP contribution in [0.5, 0.6) is 0 Å². The van der Waals surface area contributed by atoms with Crippen LogP contribution in [0.15, 0.2) is 24.3 Å². The van der Waals surface area contributed by atoms with Crippen LogP contribution in [-0.2, 0) is 4.43 Å². The molecule has 2 amide bonds. The number of fused-ring (bicyclic) bond motifs is 1. The lowest BCUT2D eigenvalue weighted by Gasteiger charge is -2.36. The quantitative estimate of drug-likeness (QED) is 0.378. The summed E-state index contributed by atoms with van der Waals surface area (Å²) in [7, 11) is -1.76. The predicted octanol–water partition coefficient (Wildman–Crippen LogP) is 5.11. The molecule has 0 spiro atoms. The van der Waals surface area contributed by atoms with Crippen LogP contribution < -0.4 is 0 Å². The monoisotopic (exact) mass is 375 g/mol. The molecule has 144 valence electrons. The highest BCUT2D eigenvalue weighted by atomic mass is 28.4. The van der Waals surface area contributed by atoms with Crippen molar-refractivity contribution in [3.63, 3.8) is 0 Å². The van der Waals surface area contributed by atoms with Crippen molar-refractivity contribution in [2.24, 2.45) is 5.92 Å². The fraction of sp³-hybridized carbons (Fsp3) is 0.619. The lowest BCUT2D eigenvalue weighted by molar-refractivity contribution is 0.0522. The number of benzene rings is 1. The molecule has 1 aromatic carbocycles. The number of amides is 2. The zero-order chi connectivity index (χ0) is 19.7. The number of carbonyl (C=O) groups is 2. The molecule has 1 aliphatic rings. The molecule has 0 unspecified atom stereocenters. The van der Waals surface area contributed by atoms with Crippen molar-refractivity contribution in [3.05, 3.63) is 35.4 Å². The van der Waals surface area contributed by atoms with Gasteiger partial charge in [-0.25, -0.2) is 0 Å². The van der Waals surface area contributed by atoms with Gasteiger partial charge in [-0.1, -0.05) is 46.8 Å². The SMILES string of the molecule is CC(C)[C@@H](CCCO[Si](C)(C)C(C)(C)C)N1C(=O)c2ccccc2C1=O. The standard InChI is InChI=1S/C21H33NO3Si/c1-15(2)18(13-10-14-25-26(6,7)21(3,4)5)22-19(23)16-11-8-9-12-17(16)20(22)24/h8-9,11-12,15,18H,10,13-14H2,1-7H3/t18-/m1/s1. The van der Waals surface area contributed by atoms with E-state index in [1.54, 1.807) is 12.1 Å². The molecular weight excluding hydrogens is 342 g/mol. The van der Waals surface area contributed by atoms with E-state index in [0.29, 0.717) is 17.7 Å². The van der Waals surface area contributed by atoms with Gasteiger partial charge in [0.1, 0.15) is 0 Å². The van der Waals surface area contributed by atoms with Gasteiger partial charge in [-0.2, -0.15) is 0 Å². The van der Waals surface area contributed by atoms with E-state index in [2.05, 4.69) is 47.7 Å². The summed E-state index contributed by atoms with van der Waals surface area (Å²) in [6.45, 7) is 16.0. The normalized spacial score (nSPS) is 16.4. The molecule has 0 aliphatic carbocycles. The van der Waals surface area contributed by atoms with Gasteiger partial charge in [0, 0.05) is 12.6 Å². The molecule has 4 nitrogen and oxygen atoms in total. The molecular formula is C21H33NO3Si. The Balaban J connectivity index is 2.03. The molecule has 26 heavy (non-hydrogen) atoms. The first kappa shape index (κ1) is 20.8. The molecule has 0 fully saturated rings. The van der Waals surface area contributed by atoms with Crippen LogP contribution in [-0.4, -0.2) is 37.7 Å². The van der Waals surface area contributed by atoms with Gasteiger partial charge < -0.3 is 4.43 Å². The first-order valence-corrected chi connectivity index (χ1v) is 12.5. The zero-order valence-electron chi connectivity index (χ0n) is 17.3. The summed E-state index contributed by atoms with van der Waals surface area (Å²) in [5.74, 6) is -0.102. The van der Waals surface area contributed by atoms with Crippen LogP contribution in [0.4, 0.5) is 0 Å². The smallest absolute Gasteiger partial charge is 0.261 e. The molecule has 2 rings (SSSR count). The summed E-state index contributed by atoms with van der Waals surface area (Å²) >= 11 is 0. The van der Waals surface area contributed by atoms with Gasteiger partial charge in [-0.3, -0.25) is 14.5 Å². The summed E-state index contributed by atoms with van der Waals surface area (Å²) in [4.78, 5) is 27.0. The molecule has 5 heteroatoms. The van der Waals surface area contributed by atoms with Crippen molar-refractivity contribution < 1.29 is 14.0 Å². The zero-order valence-corrected chi connectivity index (χ0v) is 18.3. The van der Waals surface area contributed by atoms with Crippen LogP contribution >= 0.6 is 0 Å². The van der Waals surface area contributed by atoms with E-state index in [-0.39, 0.29) is 28.8 Å². The number of rotatable bonds is 7. The highest BCUT2D eigenvalue weighted by Gasteiger charge is 2.41. The van der Waals surface area contributed by atoms with Crippen molar-refractivity contribution >= 4 is 20.1 Å². The van der Waals surface area contributed by atoms with Gasteiger partial charge in [0.2, 0.25) is 0 Å². The van der Waals surface area contributed by atoms with Gasteiger partial charge in [0.25, 0.3) is 11.8 Å². The number of hydrogen-bond acceptors (Lipinski definition) is 3. The van der Waals surface area contributed by atoms with Crippen molar-refractivity contribution in [3.8, 4) is 0 Å². The Morgan fingerprint density at radius 3 is 1.96 bits per heavy atom. The second kappa shape index (κ2) is 7.65. The summed E-state index contributed by atoms with van der Waals surface area (Å²) in [5, 5.41) is 0.187. The summed E-state index contributed by atoms with van der Waals surface area (Å²) < 4.78 is 6.25. The average molecular weight is 376 g/mol. The van der Waals surface area contributed by atoms with Crippen molar-refractivity contribution in [2.75, 3.05) is 6.61 Å². The lowest BCUT2D eigenvalue weighted by atomic mass is 9.97. The van der Waals surface area contributed by atoms with Crippen molar-refractivity contribution in [1.29, 1.82) is 0 Å². The fourth-order valence-electron chi connectivity index (χ4n) is 3.11. The minimum atomic E-state index is -1.76. The van der Waals surface area contributed by atoms with Crippen LogP contribution in [0.2, 0.25) is 18.1 Å². The summed E-state index contributed by atoms with van der Waals surface area (Å²) in [5.41, 5.74) is 1.06. The Morgan fingerprint density at radius 1 is 1.04 bits per heavy atom. The molecule has 0 saturated carbocycles. The van der Waals surface area contributed by atoms with Crippen LogP contribution in [0.25, 0.3) is 0 Å². The molecule has 1 aliphatic heterocycles. The van der Waals surface area contributed by atoms with Gasteiger partial charge in [-0.15, -0.1) is 0 Å². The van der Waals surface area contributed by atoms with Gasteiger partial charge in [0.15, 0.2) is 8.32 Å². The fourth-order valence-corrected chi connectivity index (χ4v) is 4.19. The second-order valence-corrected chi connectivity index (χ2v) is 13.9. The third-order valence-corrected chi connectivity index (χ3v) is 10.4. The maximum Gasteiger partial charge on any atom is 0.261 e. The largest absolute Gasteiger partial charge is 0.417 e. The van der Waals surface area contributed by atoms with E-state index in [1.807, 2.05) is 12.1 Å². The number of carbonyl (C=O) groups excluding carboxylic acids is 2. The first-order chi connectivity index (χ1) is 12.0. The number of nitrogens with zero attached hydrogens (tertiary/aromatic N) is 1. The van der Waals surface area contributed by atoms with Gasteiger partial charge >= 0.3 is 0 Å². The summed E-state index contributed by atoms with van der Waals surface area (Å²) in [6, 6.07) is 7.02. The average Bonchev–Trinajstić information content (AvgIpc) is 2.78. The molecule has 0 radical (unpaired) electrons. The maximum absolute atomic E-state index is 12.8. The third kappa shape index (κ3) is 4.09. The van der Waals surface area contributed by atoms with E-state index in [0.717, 1.165) is 12.8 Å². The Labute approximate surface area is 159 Å². The highest BCUT2D eigenvalue weighted by molar-refractivity contribution is 6.74. The Bertz CT molecular complexity index is 641. The number of hydrogen-bond donors (Lipinski definition) is 0. The molecule has 0 saturated heterocycles. The van der Waals surface area contributed by atoms with E-state index in [1.165, 1.54) is 4.90 Å². The van der Waals surface area contributed by atoms with Gasteiger partial charge in [0.05, 0.1) is 11.1 Å². The topological polar surface area (TPSA) is 46.6 Å². The molecule has 0 aromatic heterocycles. The van der Waals surface area contributed by atoms with Crippen molar-refractivity contribution in [1.82, 2.24) is 4.90 Å². The van der Waals surface area contributed by atoms with Crippen molar-refractivity contribution in [2.45, 2.75) is 71.6 Å². The van der Waals surface area contributed by atoms with E-state index in [9.17, 15) is 9.59 Å². The first-order valence-electron chi connectivity index (χ1n) is 9.58. The van der Waals surface area contributed by atoms with Gasteiger partial charge in [-0.05, 0) is 49.0 Å². The third-order valence-electron chi connectivity index (χ3n) is 5.84. The highest BCUT2D eigenvalue weighted by Crippen LogP contribution is 2.37. The Hall–Kier alpha value is -1.46. The maximum atomic E-state index is 12.8. The van der Waals surface area contributed by atoms with Crippen LogP contribution in [0.1, 0.15) is 68.2 Å². The Morgan fingerprint density at radius 2 is 1.54 bits per heavy atom. The van der Waals surface area contributed by atoms with E-state index >= 15 is 0 Å². The molecule has 1 heterocycles. The van der Waals surface area contributed by atoms with E-state index in [4.69, 9.17) is 4.43 Å². The molecule has 1 aromatic rings. The lowest BCUT2D eigenvalue weighted by Crippen LogP contribution is -2.44. The molecule has 1 atom stereocenters. The second-order valence-electron chi connectivity index (χ2n) is 9.09. The minimum absolute atomic E-state index is 0.0922. The van der Waals surface area contributed by atoms with E-state index < -0.39 is 8.32 Å². The number of imide groups is 1. The predicted molar refractivity (Wildman–Crippen MR) is 108 cm³/mol. The molecule has 0 N–H and O–H groups in total. The molecule has 0 bridgehead atoms. The Kier molecular flexibility index (Phi) is 6.13. The minimum Gasteiger partial charge on any atom is -0.417 e. The van der Waals surface area contributed by atoms with Crippen LogP contribution in [0.3, 0.4) is 0 Å².